The van der Waals surface area contributed by atoms with Crippen molar-refractivity contribution in [3.8, 4) is 0 Å². The van der Waals surface area contributed by atoms with Gasteiger partial charge in [0.2, 0.25) is 5.91 Å². The molecule has 17 heavy (non-hydrogen) atoms. The first-order chi connectivity index (χ1) is 7.64. The van der Waals surface area contributed by atoms with E-state index in [0.29, 0.717) is 12.5 Å². The molecular formula is C12H25N3O2. The summed E-state index contributed by atoms with van der Waals surface area (Å²) in [7, 11) is 0. The number of primary amides is 1. The Balaban J connectivity index is 4.03. The van der Waals surface area contributed by atoms with Crippen LogP contribution in [-0.2, 0) is 4.79 Å². The van der Waals surface area contributed by atoms with Crippen LogP contribution in [0.4, 0.5) is 4.79 Å². The molecule has 0 spiro atoms. The van der Waals surface area contributed by atoms with Crippen LogP contribution in [0.25, 0.3) is 0 Å². The molecular weight excluding hydrogens is 218 g/mol. The summed E-state index contributed by atoms with van der Waals surface area (Å²) in [4.78, 5) is 22.2. The molecule has 0 fully saturated rings. The Labute approximate surface area is 104 Å². The zero-order valence-corrected chi connectivity index (χ0v) is 11.5. The molecule has 5 heteroatoms. The average Bonchev–Trinajstić information content (AvgIpc) is 2.12. The topological polar surface area (TPSA) is 84.2 Å². The lowest BCUT2D eigenvalue weighted by molar-refractivity contribution is -0.119. The molecule has 0 aliphatic carbocycles. The van der Waals surface area contributed by atoms with Crippen molar-refractivity contribution in [3.05, 3.63) is 0 Å². The molecule has 0 aliphatic rings. The second-order valence-electron chi connectivity index (χ2n) is 5.71. The van der Waals surface area contributed by atoms with Gasteiger partial charge in [0.25, 0.3) is 0 Å². The fourth-order valence-corrected chi connectivity index (χ4v) is 1.82. The number of nitrogens with two attached hydrogens (primary N) is 1. The van der Waals surface area contributed by atoms with Crippen molar-refractivity contribution in [2.75, 3.05) is 6.54 Å². The minimum Gasteiger partial charge on any atom is -0.368 e. The maximum atomic E-state index is 11.5. The third-order valence-electron chi connectivity index (χ3n) is 2.46. The SMILES string of the molecule is CC(C)CC(C)(C)CNC(=O)N[C@@H](C)C(N)=O. The number of rotatable bonds is 6. The molecule has 5 nitrogen and oxygen atoms in total. The molecule has 0 saturated heterocycles. The second kappa shape index (κ2) is 6.47. The van der Waals surface area contributed by atoms with Crippen LogP contribution in [0.1, 0.15) is 41.0 Å². The van der Waals surface area contributed by atoms with Gasteiger partial charge in [0, 0.05) is 6.54 Å². The van der Waals surface area contributed by atoms with Crippen LogP contribution in [0.5, 0.6) is 0 Å². The van der Waals surface area contributed by atoms with Crippen LogP contribution in [0.3, 0.4) is 0 Å². The van der Waals surface area contributed by atoms with Gasteiger partial charge in [-0.05, 0) is 24.7 Å². The number of hydrogen-bond donors (Lipinski definition) is 3. The molecule has 0 bridgehead atoms. The van der Waals surface area contributed by atoms with Crippen molar-refractivity contribution in [2.24, 2.45) is 17.1 Å². The van der Waals surface area contributed by atoms with Crippen LogP contribution >= 0.6 is 0 Å². The van der Waals surface area contributed by atoms with Gasteiger partial charge >= 0.3 is 6.03 Å². The molecule has 0 aromatic heterocycles. The third-order valence-corrected chi connectivity index (χ3v) is 2.46. The molecule has 3 amide bonds. The van der Waals surface area contributed by atoms with Crippen LogP contribution in [-0.4, -0.2) is 24.5 Å². The quantitative estimate of drug-likeness (QED) is 0.655. The van der Waals surface area contributed by atoms with Crippen molar-refractivity contribution in [1.29, 1.82) is 0 Å². The summed E-state index contributed by atoms with van der Waals surface area (Å²) in [6.45, 7) is 10.6. The molecule has 1 atom stereocenters. The van der Waals surface area contributed by atoms with Gasteiger partial charge in [-0.2, -0.15) is 0 Å². The van der Waals surface area contributed by atoms with E-state index in [-0.39, 0.29) is 11.4 Å². The standard InChI is InChI=1S/C12H25N3O2/c1-8(2)6-12(4,5)7-14-11(17)15-9(3)10(13)16/h8-9H,6-7H2,1-5H3,(H2,13,16)(H2,14,15,17)/t9-/m0/s1. The first-order valence-electron chi connectivity index (χ1n) is 5.98. The Morgan fingerprint density at radius 2 is 1.76 bits per heavy atom. The summed E-state index contributed by atoms with van der Waals surface area (Å²) in [5.74, 6) is 0.0426. The number of carbonyl (C=O) groups is 2. The van der Waals surface area contributed by atoms with Gasteiger partial charge < -0.3 is 16.4 Å². The highest BCUT2D eigenvalue weighted by Crippen LogP contribution is 2.23. The molecule has 100 valence electrons. The lowest BCUT2D eigenvalue weighted by Crippen LogP contribution is -2.48. The largest absolute Gasteiger partial charge is 0.368 e. The summed E-state index contributed by atoms with van der Waals surface area (Å²) in [5, 5.41) is 5.24. The van der Waals surface area contributed by atoms with Crippen LogP contribution in [0.15, 0.2) is 0 Å². The van der Waals surface area contributed by atoms with Gasteiger partial charge in [-0.25, -0.2) is 4.79 Å². The van der Waals surface area contributed by atoms with E-state index in [4.69, 9.17) is 5.73 Å². The Morgan fingerprint density at radius 3 is 2.18 bits per heavy atom. The average molecular weight is 243 g/mol. The van der Waals surface area contributed by atoms with Gasteiger partial charge in [0.05, 0.1) is 0 Å². The van der Waals surface area contributed by atoms with Crippen LogP contribution in [0.2, 0.25) is 0 Å². The Kier molecular flexibility index (Phi) is 5.99. The molecule has 0 rings (SSSR count). The van der Waals surface area contributed by atoms with Crippen molar-refractivity contribution >= 4 is 11.9 Å². The van der Waals surface area contributed by atoms with E-state index in [2.05, 4.69) is 38.3 Å². The summed E-state index contributed by atoms with van der Waals surface area (Å²) in [6, 6.07) is -1.00. The van der Waals surface area contributed by atoms with E-state index in [9.17, 15) is 9.59 Å². The molecule has 0 aromatic rings. The number of amides is 3. The summed E-state index contributed by atoms with van der Waals surface area (Å²) in [5.41, 5.74) is 5.09. The van der Waals surface area contributed by atoms with Gasteiger partial charge in [-0.15, -0.1) is 0 Å². The van der Waals surface area contributed by atoms with Crippen LogP contribution in [0, 0.1) is 11.3 Å². The fourth-order valence-electron chi connectivity index (χ4n) is 1.82. The minimum absolute atomic E-state index is 0.0431. The number of urea groups is 1. The van der Waals surface area contributed by atoms with Crippen molar-refractivity contribution in [3.63, 3.8) is 0 Å². The molecule has 4 N–H and O–H groups in total. The highest BCUT2D eigenvalue weighted by molar-refractivity contribution is 5.85. The van der Waals surface area contributed by atoms with E-state index >= 15 is 0 Å². The molecule has 0 radical (unpaired) electrons. The molecule has 0 heterocycles. The van der Waals surface area contributed by atoms with Gasteiger partial charge in [0.1, 0.15) is 6.04 Å². The molecule has 0 aliphatic heterocycles. The van der Waals surface area contributed by atoms with Gasteiger partial charge in [-0.3, -0.25) is 4.79 Å². The molecule has 0 unspecified atom stereocenters. The van der Waals surface area contributed by atoms with Crippen LogP contribution < -0.4 is 16.4 Å². The van der Waals surface area contributed by atoms with E-state index in [0.717, 1.165) is 6.42 Å². The fraction of sp³-hybridized carbons (Fsp3) is 0.833. The Hall–Kier alpha value is -1.26. The van der Waals surface area contributed by atoms with E-state index < -0.39 is 11.9 Å². The zero-order valence-electron chi connectivity index (χ0n) is 11.5. The highest BCUT2D eigenvalue weighted by atomic mass is 16.2. The lowest BCUT2D eigenvalue weighted by Gasteiger charge is -2.27. The van der Waals surface area contributed by atoms with Crippen molar-refractivity contribution in [2.45, 2.75) is 47.1 Å². The van der Waals surface area contributed by atoms with E-state index in [1.54, 1.807) is 6.92 Å². The monoisotopic (exact) mass is 243 g/mol. The van der Waals surface area contributed by atoms with E-state index in [1.165, 1.54) is 0 Å². The Bertz CT molecular complexity index is 275. The Morgan fingerprint density at radius 1 is 1.24 bits per heavy atom. The first kappa shape index (κ1) is 15.7. The smallest absolute Gasteiger partial charge is 0.315 e. The zero-order chi connectivity index (χ0) is 13.6. The normalized spacial score (nSPS) is 13.3. The predicted octanol–water partition coefficient (Wildman–Crippen LogP) is 1.23. The maximum Gasteiger partial charge on any atom is 0.315 e. The lowest BCUT2D eigenvalue weighted by atomic mass is 9.84. The number of nitrogens with one attached hydrogen (secondary N) is 2. The molecule has 0 aromatic carbocycles. The summed E-state index contributed by atoms with van der Waals surface area (Å²) in [6.07, 6.45) is 1.03. The van der Waals surface area contributed by atoms with Gasteiger partial charge in [-0.1, -0.05) is 27.7 Å². The number of hydrogen-bond acceptors (Lipinski definition) is 2. The summed E-state index contributed by atoms with van der Waals surface area (Å²) >= 11 is 0. The van der Waals surface area contributed by atoms with Gasteiger partial charge in [0.15, 0.2) is 0 Å². The maximum absolute atomic E-state index is 11.5. The predicted molar refractivity (Wildman–Crippen MR) is 68.4 cm³/mol. The highest BCUT2D eigenvalue weighted by Gasteiger charge is 2.21. The number of carbonyl (C=O) groups excluding carboxylic acids is 2. The molecule has 0 saturated carbocycles. The minimum atomic E-state index is -0.650. The summed E-state index contributed by atoms with van der Waals surface area (Å²) < 4.78 is 0. The van der Waals surface area contributed by atoms with Crippen molar-refractivity contribution in [1.82, 2.24) is 10.6 Å². The van der Waals surface area contributed by atoms with Crippen molar-refractivity contribution < 1.29 is 9.59 Å². The van der Waals surface area contributed by atoms with E-state index in [1.807, 2.05) is 0 Å². The second-order valence-corrected chi connectivity index (χ2v) is 5.71. The third kappa shape index (κ3) is 7.60. The first-order valence-corrected chi connectivity index (χ1v) is 5.98.